The lowest BCUT2D eigenvalue weighted by molar-refractivity contribution is 0.0915. The second kappa shape index (κ2) is 7.21. The molecule has 3 nitrogen and oxygen atoms in total. The second-order valence-corrected chi connectivity index (χ2v) is 3.99. The minimum absolute atomic E-state index is 0.351. The number of likely N-dealkylation sites (tertiary alicyclic amines) is 1. The monoisotopic (exact) mass is 201 g/mol. The fourth-order valence-corrected chi connectivity index (χ4v) is 2.02. The molecule has 1 aliphatic rings. The zero-order valence-corrected chi connectivity index (χ0v) is 9.24. The zero-order chi connectivity index (χ0) is 10.2. The highest BCUT2D eigenvalue weighted by atomic mass is 16.5. The number of aliphatic hydroxyl groups is 1. The highest BCUT2D eigenvalue weighted by molar-refractivity contribution is 4.71. The molecule has 0 amide bonds. The molecule has 0 unspecified atom stereocenters. The van der Waals surface area contributed by atoms with Crippen LogP contribution in [0.1, 0.15) is 26.2 Å². The van der Waals surface area contributed by atoms with Crippen molar-refractivity contribution in [2.24, 2.45) is 5.92 Å². The topological polar surface area (TPSA) is 32.7 Å². The Morgan fingerprint density at radius 2 is 2.07 bits per heavy atom. The first-order valence-electron chi connectivity index (χ1n) is 5.77. The molecule has 0 aromatic carbocycles. The normalized spacial score (nSPS) is 20.1. The Morgan fingerprint density at radius 1 is 1.36 bits per heavy atom. The highest BCUT2D eigenvalue weighted by Gasteiger charge is 2.17. The molecule has 0 saturated carbocycles. The average Bonchev–Trinajstić information content (AvgIpc) is 2.21. The summed E-state index contributed by atoms with van der Waals surface area (Å²) in [6, 6.07) is 0. The van der Waals surface area contributed by atoms with Crippen molar-refractivity contribution in [1.82, 2.24) is 4.90 Å². The molecule has 1 aliphatic heterocycles. The maximum Gasteiger partial charge on any atom is 0.0593 e. The van der Waals surface area contributed by atoms with Gasteiger partial charge in [-0.25, -0.2) is 0 Å². The smallest absolute Gasteiger partial charge is 0.0593 e. The van der Waals surface area contributed by atoms with Gasteiger partial charge in [0.25, 0.3) is 0 Å². The van der Waals surface area contributed by atoms with Crippen LogP contribution in [0.5, 0.6) is 0 Å². The summed E-state index contributed by atoms with van der Waals surface area (Å²) in [4.78, 5) is 2.46. The Morgan fingerprint density at radius 3 is 2.64 bits per heavy atom. The third-order valence-electron chi connectivity index (χ3n) is 3.00. The molecule has 1 N–H and O–H groups in total. The molecule has 84 valence electrons. The van der Waals surface area contributed by atoms with Crippen molar-refractivity contribution < 1.29 is 9.84 Å². The number of piperidine rings is 1. The van der Waals surface area contributed by atoms with Crippen molar-refractivity contribution in [3.8, 4) is 0 Å². The number of rotatable bonds is 6. The van der Waals surface area contributed by atoms with E-state index in [0.29, 0.717) is 6.61 Å². The minimum atomic E-state index is 0.351. The molecule has 0 radical (unpaired) electrons. The van der Waals surface area contributed by atoms with Gasteiger partial charge in [-0.15, -0.1) is 0 Å². The molecule has 3 heteroatoms. The van der Waals surface area contributed by atoms with Crippen molar-refractivity contribution in [2.75, 3.05) is 39.5 Å². The average molecular weight is 201 g/mol. The summed E-state index contributed by atoms with van der Waals surface area (Å²) < 4.78 is 5.33. The van der Waals surface area contributed by atoms with Crippen LogP contribution in [0.3, 0.4) is 0 Å². The summed E-state index contributed by atoms with van der Waals surface area (Å²) in [5.41, 5.74) is 0. The predicted molar refractivity (Wildman–Crippen MR) is 57.4 cm³/mol. The minimum Gasteiger partial charge on any atom is -0.396 e. The van der Waals surface area contributed by atoms with Gasteiger partial charge < -0.3 is 14.7 Å². The van der Waals surface area contributed by atoms with Gasteiger partial charge in [-0.2, -0.15) is 0 Å². The van der Waals surface area contributed by atoms with E-state index < -0.39 is 0 Å². The quantitative estimate of drug-likeness (QED) is 0.654. The summed E-state index contributed by atoms with van der Waals surface area (Å²) in [6.07, 6.45) is 3.47. The van der Waals surface area contributed by atoms with Crippen molar-refractivity contribution in [2.45, 2.75) is 26.2 Å². The lowest BCUT2D eigenvalue weighted by atomic mass is 9.94. The van der Waals surface area contributed by atoms with E-state index in [-0.39, 0.29) is 0 Å². The molecule has 0 bridgehead atoms. The molecule has 0 spiro atoms. The summed E-state index contributed by atoms with van der Waals surface area (Å²) in [7, 11) is 0. The lowest BCUT2D eigenvalue weighted by Crippen LogP contribution is -2.36. The molecular weight excluding hydrogens is 178 g/mol. The van der Waals surface area contributed by atoms with Crippen LogP contribution >= 0.6 is 0 Å². The van der Waals surface area contributed by atoms with Crippen LogP contribution in [0.2, 0.25) is 0 Å². The summed E-state index contributed by atoms with van der Waals surface area (Å²) in [6.45, 7) is 7.49. The van der Waals surface area contributed by atoms with Crippen LogP contribution in [-0.4, -0.2) is 49.5 Å². The first-order chi connectivity index (χ1) is 6.86. The van der Waals surface area contributed by atoms with E-state index in [9.17, 15) is 0 Å². The molecule has 1 fully saturated rings. The van der Waals surface area contributed by atoms with Gasteiger partial charge in [-0.3, -0.25) is 0 Å². The lowest BCUT2D eigenvalue weighted by Gasteiger charge is -2.31. The van der Waals surface area contributed by atoms with Gasteiger partial charge in [0.1, 0.15) is 0 Å². The number of aliphatic hydroxyl groups excluding tert-OH is 1. The van der Waals surface area contributed by atoms with Crippen molar-refractivity contribution in [1.29, 1.82) is 0 Å². The Hall–Kier alpha value is -0.120. The Kier molecular flexibility index (Phi) is 6.15. The first-order valence-corrected chi connectivity index (χ1v) is 5.77. The fourth-order valence-electron chi connectivity index (χ4n) is 2.02. The first kappa shape index (κ1) is 12.0. The number of hydrogen-bond acceptors (Lipinski definition) is 3. The van der Waals surface area contributed by atoms with E-state index in [4.69, 9.17) is 9.84 Å². The highest BCUT2D eigenvalue weighted by Crippen LogP contribution is 2.19. The third kappa shape index (κ3) is 4.40. The molecule has 0 atom stereocenters. The van der Waals surface area contributed by atoms with Crippen molar-refractivity contribution in [3.05, 3.63) is 0 Å². The number of nitrogens with zero attached hydrogens (tertiary/aromatic N) is 1. The maximum atomic E-state index is 8.82. The van der Waals surface area contributed by atoms with Crippen LogP contribution in [0.25, 0.3) is 0 Å². The predicted octanol–water partition coefficient (Wildman–Crippen LogP) is 1.12. The number of ether oxygens (including phenoxy) is 1. The Bertz CT molecular complexity index is 133. The van der Waals surface area contributed by atoms with Gasteiger partial charge >= 0.3 is 0 Å². The Labute approximate surface area is 87.1 Å². The van der Waals surface area contributed by atoms with Gasteiger partial charge in [0.05, 0.1) is 6.61 Å². The summed E-state index contributed by atoms with van der Waals surface area (Å²) >= 11 is 0. The molecule has 1 rings (SSSR count). The van der Waals surface area contributed by atoms with Crippen LogP contribution < -0.4 is 0 Å². The van der Waals surface area contributed by atoms with Gasteiger partial charge in [0.15, 0.2) is 0 Å². The van der Waals surface area contributed by atoms with Crippen LogP contribution in [-0.2, 0) is 4.74 Å². The van der Waals surface area contributed by atoms with E-state index in [1.54, 1.807) is 0 Å². The number of hydrogen-bond donors (Lipinski definition) is 1. The van der Waals surface area contributed by atoms with Crippen LogP contribution in [0, 0.1) is 5.92 Å². The molecule has 1 saturated heterocycles. The summed E-state index contributed by atoms with van der Waals surface area (Å²) in [5.74, 6) is 0.753. The van der Waals surface area contributed by atoms with Gasteiger partial charge in [0.2, 0.25) is 0 Å². The van der Waals surface area contributed by atoms with Crippen LogP contribution in [0.4, 0.5) is 0 Å². The third-order valence-corrected chi connectivity index (χ3v) is 3.00. The molecule has 0 aromatic rings. The molecule has 14 heavy (non-hydrogen) atoms. The SMILES string of the molecule is CCOCCN1CCC(CCO)CC1. The molecule has 0 aliphatic carbocycles. The van der Waals surface area contributed by atoms with Gasteiger partial charge in [0, 0.05) is 19.8 Å². The van der Waals surface area contributed by atoms with Gasteiger partial charge in [-0.05, 0) is 45.2 Å². The van der Waals surface area contributed by atoms with E-state index in [0.717, 1.165) is 32.1 Å². The molecule has 1 heterocycles. The van der Waals surface area contributed by atoms with Crippen molar-refractivity contribution in [3.63, 3.8) is 0 Å². The van der Waals surface area contributed by atoms with Crippen molar-refractivity contribution >= 4 is 0 Å². The van der Waals surface area contributed by atoms with Gasteiger partial charge in [-0.1, -0.05) is 0 Å². The second-order valence-electron chi connectivity index (χ2n) is 3.99. The van der Waals surface area contributed by atoms with E-state index >= 15 is 0 Å². The largest absolute Gasteiger partial charge is 0.396 e. The van der Waals surface area contributed by atoms with E-state index in [1.165, 1.54) is 25.9 Å². The summed E-state index contributed by atoms with van der Waals surface area (Å²) in [5, 5.41) is 8.82. The molecule has 0 aromatic heterocycles. The van der Waals surface area contributed by atoms with Crippen LogP contribution in [0.15, 0.2) is 0 Å². The fraction of sp³-hybridized carbons (Fsp3) is 1.00. The van der Waals surface area contributed by atoms with E-state index in [2.05, 4.69) is 4.90 Å². The maximum absolute atomic E-state index is 8.82. The standard InChI is InChI=1S/C11H23NO2/c1-2-14-10-8-12-6-3-11(4-7-12)5-9-13/h11,13H,2-10H2,1H3. The van der Waals surface area contributed by atoms with E-state index in [1.807, 2.05) is 6.92 Å². The zero-order valence-electron chi connectivity index (χ0n) is 9.24. The Balaban J connectivity index is 2.03. The molecular formula is C11H23NO2.